The number of hydrogen-bond acceptors (Lipinski definition) is 6. The normalized spacial score (nSPS) is 14.8. The van der Waals surface area contributed by atoms with Crippen LogP contribution in [0, 0.1) is 0 Å². The number of piperazine rings is 1. The standard InChI is InChI=1S/C19H17ClN6O/c20-13-1-3-14(4-2-13)26-17-11-22-6-5-15(17)23-18(26)16-12-27-19(24-16)25-9-7-21-8-10-25/h1-6,11-12,21H,7-10H2. The van der Waals surface area contributed by atoms with Gasteiger partial charge in [-0.25, -0.2) is 4.98 Å². The van der Waals surface area contributed by atoms with Crippen molar-refractivity contribution in [3.05, 3.63) is 54.0 Å². The largest absolute Gasteiger partial charge is 0.431 e. The van der Waals surface area contributed by atoms with E-state index in [4.69, 9.17) is 26.0 Å². The molecule has 4 aromatic rings. The molecule has 0 saturated carbocycles. The van der Waals surface area contributed by atoms with Crippen LogP contribution in [-0.4, -0.2) is 45.7 Å². The monoisotopic (exact) mass is 380 g/mol. The van der Waals surface area contributed by atoms with Crippen molar-refractivity contribution in [2.24, 2.45) is 0 Å². The molecule has 4 heterocycles. The number of nitrogens with one attached hydrogen (secondary N) is 1. The summed E-state index contributed by atoms with van der Waals surface area (Å²) in [5, 5.41) is 4.02. The number of fused-ring (bicyclic) bond motifs is 1. The van der Waals surface area contributed by atoms with Gasteiger partial charge in [0, 0.05) is 43.1 Å². The van der Waals surface area contributed by atoms with Gasteiger partial charge in [-0.05, 0) is 30.3 Å². The summed E-state index contributed by atoms with van der Waals surface area (Å²) in [6.07, 6.45) is 5.20. The molecule has 136 valence electrons. The zero-order valence-electron chi connectivity index (χ0n) is 14.5. The highest BCUT2D eigenvalue weighted by Gasteiger charge is 2.21. The number of halogens is 1. The predicted octanol–water partition coefficient (Wildman–Crippen LogP) is 3.14. The first kappa shape index (κ1) is 16.3. The summed E-state index contributed by atoms with van der Waals surface area (Å²) in [4.78, 5) is 15.9. The van der Waals surface area contributed by atoms with E-state index in [2.05, 4.69) is 15.2 Å². The zero-order chi connectivity index (χ0) is 18.2. The van der Waals surface area contributed by atoms with Crippen LogP contribution < -0.4 is 10.2 Å². The molecule has 1 saturated heterocycles. The lowest BCUT2D eigenvalue weighted by Gasteiger charge is -2.25. The molecule has 7 nitrogen and oxygen atoms in total. The molecular formula is C19H17ClN6O. The van der Waals surface area contributed by atoms with E-state index in [-0.39, 0.29) is 0 Å². The van der Waals surface area contributed by atoms with Gasteiger partial charge >= 0.3 is 0 Å². The fourth-order valence-corrected chi connectivity index (χ4v) is 3.44. The zero-order valence-corrected chi connectivity index (χ0v) is 15.2. The smallest absolute Gasteiger partial charge is 0.297 e. The van der Waals surface area contributed by atoms with E-state index < -0.39 is 0 Å². The predicted molar refractivity (Wildman–Crippen MR) is 104 cm³/mol. The molecule has 0 spiro atoms. The van der Waals surface area contributed by atoms with Crippen molar-refractivity contribution in [3.8, 4) is 17.2 Å². The molecule has 0 bridgehead atoms. The van der Waals surface area contributed by atoms with E-state index >= 15 is 0 Å². The van der Waals surface area contributed by atoms with Crippen LogP contribution in [0.2, 0.25) is 5.02 Å². The molecule has 1 fully saturated rings. The van der Waals surface area contributed by atoms with Gasteiger partial charge in [0.15, 0.2) is 5.82 Å². The third-order valence-corrected chi connectivity index (χ3v) is 4.90. The lowest BCUT2D eigenvalue weighted by atomic mass is 10.3. The number of oxazole rings is 1. The van der Waals surface area contributed by atoms with Crippen LogP contribution in [0.25, 0.3) is 28.2 Å². The Morgan fingerprint density at radius 1 is 1.04 bits per heavy atom. The first-order chi connectivity index (χ1) is 13.3. The molecule has 0 atom stereocenters. The van der Waals surface area contributed by atoms with Gasteiger partial charge in [0.2, 0.25) is 0 Å². The van der Waals surface area contributed by atoms with Crippen molar-refractivity contribution < 1.29 is 4.42 Å². The second kappa shape index (κ2) is 6.68. The summed E-state index contributed by atoms with van der Waals surface area (Å²) < 4.78 is 7.79. The van der Waals surface area contributed by atoms with Crippen LogP contribution in [0.1, 0.15) is 0 Å². The van der Waals surface area contributed by atoms with Crippen LogP contribution in [0.5, 0.6) is 0 Å². The number of aromatic nitrogens is 4. The molecule has 3 aromatic heterocycles. The van der Waals surface area contributed by atoms with E-state index in [0.717, 1.165) is 42.9 Å². The van der Waals surface area contributed by atoms with Gasteiger partial charge in [-0.1, -0.05) is 11.6 Å². The highest BCUT2D eigenvalue weighted by atomic mass is 35.5. The quantitative estimate of drug-likeness (QED) is 0.588. The SMILES string of the molecule is Clc1ccc(-n2c(-c3coc(N4CCNCC4)n3)nc3ccncc32)cc1. The van der Waals surface area contributed by atoms with Gasteiger partial charge in [-0.15, -0.1) is 0 Å². The Labute approximate surface area is 160 Å². The first-order valence-electron chi connectivity index (χ1n) is 8.79. The van der Waals surface area contributed by atoms with E-state index in [1.54, 1.807) is 18.7 Å². The summed E-state index contributed by atoms with van der Waals surface area (Å²) in [6, 6.07) is 10.1. The van der Waals surface area contributed by atoms with E-state index in [1.807, 2.05) is 34.9 Å². The first-order valence-corrected chi connectivity index (χ1v) is 9.17. The Morgan fingerprint density at radius 3 is 2.67 bits per heavy atom. The van der Waals surface area contributed by atoms with Crippen LogP contribution >= 0.6 is 11.6 Å². The number of imidazole rings is 1. The number of rotatable bonds is 3. The number of nitrogens with zero attached hydrogens (tertiary/aromatic N) is 5. The maximum atomic E-state index is 6.06. The molecule has 8 heteroatoms. The molecular weight excluding hydrogens is 364 g/mol. The summed E-state index contributed by atoms with van der Waals surface area (Å²) in [6.45, 7) is 3.59. The molecule has 0 amide bonds. The third-order valence-electron chi connectivity index (χ3n) is 4.65. The maximum absolute atomic E-state index is 6.06. The summed E-state index contributed by atoms with van der Waals surface area (Å²) in [7, 11) is 0. The third kappa shape index (κ3) is 2.94. The Balaban J connectivity index is 1.64. The highest BCUT2D eigenvalue weighted by molar-refractivity contribution is 6.30. The number of anilines is 1. The molecule has 1 aliphatic heterocycles. The Morgan fingerprint density at radius 2 is 1.85 bits per heavy atom. The van der Waals surface area contributed by atoms with Crippen molar-refractivity contribution >= 4 is 28.6 Å². The number of pyridine rings is 1. The topological polar surface area (TPSA) is 72.0 Å². The van der Waals surface area contributed by atoms with Crippen molar-refractivity contribution in [3.63, 3.8) is 0 Å². The lowest BCUT2D eigenvalue weighted by molar-refractivity contribution is 0.499. The molecule has 0 aliphatic carbocycles. The molecule has 1 aromatic carbocycles. The molecule has 1 aliphatic rings. The second-order valence-corrected chi connectivity index (χ2v) is 6.80. The van der Waals surface area contributed by atoms with E-state index in [1.165, 1.54) is 0 Å². The molecule has 0 radical (unpaired) electrons. The van der Waals surface area contributed by atoms with Crippen molar-refractivity contribution in [1.82, 2.24) is 24.8 Å². The van der Waals surface area contributed by atoms with E-state index in [9.17, 15) is 0 Å². The Hall–Kier alpha value is -2.90. The fraction of sp³-hybridized carbons (Fsp3) is 0.211. The van der Waals surface area contributed by atoms with Gasteiger partial charge in [0.1, 0.15) is 12.0 Å². The van der Waals surface area contributed by atoms with Crippen LogP contribution in [-0.2, 0) is 0 Å². The van der Waals surface area contributed by atoms with Gasteiger partial charge in [-0.2, -0.15) is 4.98 Å². The minimum atomic E-state index is 0.624. The molecule has 1 N–H and O–H groups in total. The van der Waals surface area contributed by atoms with Crippen LogP contribution in [0.4, 0.5) is 6.01 Å². The minimum Gasteiger partial charge on any atom is -0.431 e. The highest BCUT2D eigenvalue weighted by Crippen LogP contribution is 2.29. The molecule has 5 rings (SSSR count). The average Bonchev–Trinajstić information content (AvgIpc) is 3.34. The maximum Gasteiger partial charge on any atom is 0.297 e. The lowest BCUT2D eigenvalue weighted by Crippen LogP contribution is -2.43. The summed E-state index contributed by atoms with van der Waals surface area (Å²) in [5.74, 6) is 0.713. The second-order valence-electron chi connectivity index (χ2n) is 6.36. The average molecular weight is 381 g/mol. The Kier molecular flexibility index (Phi) is 4.03. The van der Waals surface area contributed by atoms with Crippen molar-refractivity contribution in [1.29, 1.82) is 0 Å². The number of benzene rings is 1. The van der Waals surface area contributed by atoms with Crippen molar-refractivity contribution in [2.45, 2.75) is 0 Å². The van der Waals surface area contributed by atoms with Gasteiger partial charge in [0.05, 0.1) is 17.2 Å². The molecule has 27 heavy (non-hydrogen) atoms. The molecule has 0 unspecified atom stereocenters. The van der Waals surface area contributed by atoms with Crippen LogP contribution in [0.15, 0.2) is 53.4 Å². The van der Waals surface area contributed by atoms with Gasteiger partial charge in [-0.3, -0.25) is 9.55 Å². The Bertz CT molecular complexity index is 1080. The van der Waals surface area contributed by atoms with Gasteiger partial charge < -0.3 is 14.6 Å². The fourth-order valence-electron chi connectivity index (χ4n) is 3.32. The summed E-state index contributed by atoms with van der Waals surface area (Å²) >= 11 is 6.06. The van der Waals surface area contributed by atoms with E-state index in [0.29, 0.717) is 22.6 Å². The van der Waals surface area contributed by atoms with Gasteiger partial charge in [0.25, 0.3) is 6.01 Å². The summed E-state index contributed by atoms with van der Waals surface area (Å²) in [5.41, 5.74) is 3.38. The minimum absolute atomic E-state index is 0.624. The van der Waals surface area contributed by atoms with Crippen LogP contribution in [0.3, 0.4) is 0 Å². The number of hydrogen-bond donors (Lipinski definition) is 1. The van der Waals surface area contributed by atoms with Crippen molar-refractivity contribution in [2.75, 3.05) is 31.1 Å².